The van der Waals surface area contributed by atoms with Crippen LogP contribution in [0.5, 0.6) is 0 Å². The molecule has 2 aromatic carbocycles. The number of morpholine rings is 1. The van der Waals surface area contributed by atoms with Crippen LogP contribution >= 0.6 is 0 Å². The van der Waals surface area contributed by atoms with Gasteiger partial charge in [-0.1, -0.05) is 36.4 Å². The molecule has 0 radical (unpaired) electrons. The molecule has 0 aliphatic carbocycles. The largest absolute Gasteiger partial charge is 0.385 e. The van der Waals surface area contributed by atoms with Crippen LogP contribution in [0, 0.1) is 17.5 Å². The van der Waals surface area contributed by atoms with Crippen molar-refractivity contribution in [3.63, 3.8) is 0 Å². The maximum Gasteiger partial charge on any atom is 0.194 e. The summed E-state index contributed by atoms with van der Waals surface area (Å²) in [6, 6.07) is 11.7. The molecule has 138 valence electrons. The quantitative estimate of drug-likeness (QED) is 0.849. The number of rotatable bonds is 3. The maximum absolute atomic E-state index is 14.3. The number of benzene rings is 2. The molecule has 0 aromatic heterocycles. The highest BCUT2D eigenvalue weighted by atomic mass is 19.2. The van der Waals surface area contributed by atoms with Crippen LogP contribution in [-0.2, 0) is 16.9 Å². The van der Waals surface area contributed by atoms with Crippen molar-refractivity contribution in [3.8, 4) is 0 Å². The van der Waals surface area contributed by atoms with Crippen molar-refractivity contribution in [1.82, 2.24) is 4.90 Å². The molecule has 3 nitrogen and oxygen atoms in total. The van der Waals surface area contributed by atoms with Gasteiger partial charge in [0.05, 0.1) is 18.8 Å². The zero-order chi connectivity index (χ0) is 18.3. The van der Waals surface area contributed by atoms with Gasteiger partial charge in [-0.3, -0.25) is 4.90 Å². The normalized spacial score (nSPS) is 28.9. The number of nitrogens with zero attached hydrogens (tertiary/aromatic N) is 1. The van der Waals surface area contributed by atoms with Gasteiger partial charge < -0.3 is 9.84 Å². The first-order valence-corrected chi connectivity index (χ1v) is 8.72. The average molecular weight is 363 g/mol. The van der Waals surface area contributed by atoms with Crippen LogP contribution in [0.25, 0.3) is 0 Å². The zero-order valence-corrected chi connectivity index (χ0v) is 14.2. The standard InChI is InChI=1S/C20H20F3NO2/c21-17-7-6-16(18(22)19(17)23)20(25)8-14-11-26-12-15(9-20)24(14)10-13-4-2-1-3-5-13/h1-7,14-15,25H,8-12H2. The lowest BCUT2D eigenvalue weighted by atomic mass is 9.76. The maximum atomic E-state index is 14.3. The van der Waals surface area contributed by atoms with Crippen molar-refractivity contribution in [2.45, 2.75) is 37.1 Å². The Labute approximate surface area is 150 Å². The second-order valence-corrected chi connectivity index (χ2v) is 7.17. The number of ether oxygens (including phenoxy) is 1. The first kappa shape index (κ1) is 17.5. The molecule has 6 heteroatoms. The van der Waals surface area contributed by atoms with Crippen LogP contribution in [0.4, 0.5) is 13.2 Å². The van der Waals surface area contributed by atoms with Crippen LogP contribution in [0.2, 0.25) is 0 Å². The third-order valence-corrected chi connectivity index (χ3v) is 5.45. The van der Waals surface area contributed by atoms with Gasteiger partial charge in [0.25, 0.3) is 0 Å². The fourth-order valence-electron chi connectivity index (χ4n) is 4.20. The van der Waals surface area contributed by atoms with Gasteiger partial charge in [-0.25, -0.2) is 13.2 Å². The van der Waals surface area contributed by atoms with Gasteiger partial charge in [0.15, 0.2) is 17.5 Å². The third kappa shape index (κ3) is 3.02. The average Bonchev–Trinajstić information content (AvgIpc) is 2.61. The van der Waals surface area contributed by atoms with E-state index in [4.69, 9.17) is 4.74 Å². The van der Waals surface area contributed by atoms with E-state index in [9.17, 15) is 18.3 Å². The Balaban J connectivity index is 1.62. The molecular formula is C20H20F3NO2. The summed E-state index contributed by atoms with van der Waals surface area (Å²) in [6.45, 7) is 1.53. The van der Waals surface area contributed by atoms with E-state index in [2.05, 4.69) is 4.90 Å². The Bertz CT molecular complexity index is 785. The van der Waals surface area contributed by atoms with Gasteiger partial charge in [-0.15, -0.1) is 0 Å². The SMILES string of the molecule is OC1(c2ccc(F)c(F)c2F)CC2COCC(C1)N2Cc1ccccc1. The van der Waals surface area contributed by atoms with Crippen molar-refractivity contribution in [1.29, 1.82) is 0 Å². The fourth-order valence-corrected chi connectivity index (χ4v) is 4.20. The minimum absolute atomic E-state index is 0.125. The fraction of sp³-hybridized carbons (Fsp3) is 0.400. The molecule has 2 saturated heterocycles. The summed E-state index contributed by atoms with van der Waals surface area (Å²) >= 11 is 0. The van der Waals surface area contributed by atoms with Crippen LogP contribution in [0.15, 0.2) is 42.5 Å². The van der Waals surface area contributed by atoms with Gasteiger partial charge >= 0.3 is 0 Å². The Morgan fingerprint density at radius 2 is 1.62 bits per heavy atom. The molecule has 0 amide bonds. The molecule has 2 aliphatic heterocycles. The zero-order valence-electron chi connectivity index (χ0n) is 14.2. The summed E-state index contributed by atoms with van der Waals surface area (Å²) in [5, 5.41) is 11.1. The second-order valence-electron chi connectivity index (χ2n) is 7.17. The van der Waals surface area contributed by atoms with E-state index in [1.165, 1.54) is 0 Å². The Morgan fingerprint density at radius 3 is 2.27 bits per heavy atom. The number of aliphatic hydroxyl groups is 1. The molecule has 2 heterocycles. The number of halogens is 3. The lowest BCUT2D eigenvalue weighted by Crippen LogP contribution is -2.60. The highest BCUT2D eigenvalue weighted by molar-refractivity contribution is 5.28. The van der Waals surface area contributed by atoms with E-state index >= 15 is 0 Å². The summed E-state index contributed by atoms with van der Waals surface area (Å²) in [4.78, 5) is 2.26. The van der Waals surface area contributed by atoms with E-state index in [1.807, 2.05) is 30.3 Å². The predicted octanol–water partition coefficient (Wildman–Crippen LogP) is 3.35. The first-order chi connectivity index (χ1) is 12.5. The summed E-state index contributed by atoms with van der Waals surface area (Å²) in [6.07, 6.45) is 0.413. The predicted molar refractivity (Wildman–Crippen MR) is 89.8 cm³/mol. The lowest BCUT2D eigenvalue weighted by molar-refractivity contribution is -0.150. The van der Waals surface area contributed by atoms with Gasteiger partial charge in [0.1, 0.15) is 0 Å². The lowest BCUT2D eigenvalue weighted by Gasteiger charge is -2.51. The topological polar surface area (TPSA) is 32.7 Å². The van der Waals surface area contributed by atoms with E-state index in [0.29, 0.717) is 19.8 Å². The number of piperidine rings is 1. The van der Waals surface area contributed by atoms with Crippen molar-refractivity contribution in [2.24, 2.45) is 0 Å². The Kier molecular flexibility index (Phi) is 4.50. The molecule has 2 atom stereocenters. The van der Waals surface area contributed by atoms with Crippen molar-refractivity contribution in [2.75, 3.05) is 13.2 Å². The van der Waals surface area contributed by atoms with Crippen LogP contribution in [0.3, 0.4) is 0 Å². The molecule has 0 saturated carbocycles. The van der Waals surface area contributed by atoms with E-state index in [0.717, 1.165) is 17.7 Å². The molecule has 2 bridgehead atoms. The first-order valence-electron chi connectivity index (χ1n) is 8.72. The molecule has 2 fully saturated rings. The van der Waals surface area contributed by atoms with Crippen molar-refractivity contribution in [3.05, 3.63) is 71.0 Å². The van der Waals surface area contributed by atoms with Gasteiger partial charge in [-0.2, -0.15) is 0 Å². The summed E-state index contributed by atoms with van der Waals surface area (Å²) < 4.78 is 46.9. The number of hydrogen-bond donors (Lipinski definition) is 1. The molecule has 2 aliphatic rings. The minimum Gasteiger partial charge on any atom is -0.385 e. The van der Waals surface area contributed by atoms with Crippen molar-refractivity contribution >= 4 is 0 Å². The highest BCUT2D eigenvalue weighted by Crippen LogP contribution is 2.42. The number of hydrogen-bond acceptors (Lipinski definition) is 3. The summed E-state index contributed by atoms with van der Waals surface area (Å²) in [7, 11) is 0. The van der Waals surface area contributed by atoms with Crippen molar-refractivity contribution < 1.29 is 23.0 Å². The van der Waals surface area contributed by atoms with Gasteiger partial charge in [-0.05, 0) is 24.5 Å². The Morgan fingerprint density at radius 1 is 0.962 bits per heavy atom. The second kappa shape index (κ2) is 6.68. The van der Waals surface area contributed by atoms with Gasteiger partial charge in [0, 0.05) is 24.2 Å². The minimum atomic E-state index is -1.54. The smallest absolute Gasteiger partial charge is 0.194 e. The summed E-state index contributed by atoms with van der Waals surface area (Å²) in [5.74, 6) is -4.09. The molecule has 4 rings (SSSR count). The number of fused-ring (bicyclic) bond motifs is 2. The molecule has 0 spiro atoms. The molecule has 2 aromatic rings. The van der Waals surface area contributed by atoms with Gasteiger partial charge in [0.2, 0.25) is 0 Å². The highest BCUT2D eigenvalue weighted by Gasteiger charge is 2.48. The Hall–Kier alpha value is -1.89. The van der Waals surface area contributed by atoms with Crippen LogP contribution in [0.1, 0.15) is 24.0 Å². The monoisotopic (exact) mass is 363 g/mol. The third-order valence-electron chi connectivity index (χ3n) is 5.45. The van der Waals surface area contributed by atoms with E-state index < -0.39 is 23.1 Å². The van der Waals surface area contributed by atoms with Crippen LogP contribution < -0.4 is 0 Å². The molecule has 2 unspecified atom stereocenters. The van der Waals surface area contributed by atoms with Crippen LogP contribution in [-0.4, -0.2) is 35.3 Å². The van der Waals surface area contributed by atoms with E-state index in [-0.39, 0.29) is 30.5 Å². The summed E-state index contributed by atoms with van der Waals surface area (Å²) in [5.41, 5.74) is -0.563. The molecule has 1 N–H and O–H groups in total. The molecular weight excluding hydrogens is 343 g/mol. The van der Waals surface area contributed by atoms with E-state index in [1.54, 1.807) is 0 Å². The molecule has 26 heavy (non-hydrogen) atoms.